The molecule has 2 N–H and O–H groups in total. The van der Waals surface area contributed by atoms with E-state index in [9.17, 15) is 18.0 Å². The van der Waals surface area contributed by atoms with Gasteiger partial charge in [0.25, 0.3) is 5.91 Å². The van der Waals surface area contributed by atoms with Gasteiger partial charge in [0.15, 0.2) is 0 Å². The number of carbonyl (C=O) groups excluding carboxylic acids is 2. The van der Waals surface area contributed by atoms with Crippen molar-refractivity contribution in [3.8, 4) is 0 Å². The molecule has 0 bridgehead atoms. The molecule has 1 aromatic carbocycles. The number of piperidine rings is 1. The van der Waals surface area contributed by atoms with E-state index in [2.05, 4.69) is 10.9 Å². The number of hydrazine groups is 1. The van der Waals surface area contributed by atoms with Crippen molar-refractivity contribution in [3.63, 3.8) is 0 Å². The first-order chi connectivity index (χ1) is 14.7. The minimum Gasteiger partial charge on any atom is -0.305 e. The highest BCUT2D eigenvalue weighted by Crippen LogP contribution is 2.24. The molecular weight excluding hydrogens is 436 g/mol. The summed E-state index contributed by atoms with van der Waals surface area (Å²) in [5.74, 6) is -1.000. The van der Waals surface area contributed by atoms with Gasteiger partial charge in [0.1, 0.15) is 0 Å². The lowest BCUT2D eigenvalue weighted by Gasteiger charge is -2.30. The van der Waals surface area contributed by atoms with Crippen LogP contribution in [0.3, 0.4) is 0 Å². The van der Waals surface area contributed by atoms with E-state index in [0.29, 0.717) is 24.3 Å². The lowest BCUT2D eigenvalue weighted by atomic mass is 9.98. The molecule has 1 fully saturated rings. The third-order valence-electron chi connectivity index (χ3n) is 5.22. The number of benzene rings is 1. The lowest BCUT2D eigenvalue weighted by Crippen LogP contribution is -2.48. The zero-order valence-corrected chi connectivity index (χ0v) is 19.6. The largest absolute Gasteiger partial charge is 0.305 e. The number of nitrogens with one attached hydrogen (secondary N) is 2. The van der Waals surface area contributed by atoms with Crippen molar-refractivity contribution in [2.45, 2.75) is 31.2 Å². The molecule has 31 heavy (non-hydrogen) atoms. The average Bonchev–Trinajstić information content (AvgIpc) is 3.19. The second kappa shape index (κ2) is 9.90. The lowest BCUT2D eigenvalue weighted by molar-refractivity contribution is -0.126. The molecule has 0 aliphatic carbocycles. The Morgan fingerprint density at radius 2 is 1.74 bits per heavy atom. The first kappa shape index (κ1) is 23.4. The maximum atomic E-state index is 12.8. The van der Waals surface area contributed by atoms with Gasteiger partial charge in [-0.05, 0) is 63.0 Å². The SMILES string of the molecule is Cc1ccc(S(=O)(=O)N2CCC(C(=O)NNC(=O)c3sccc3CN(C)C)CC2)cc1. The Kier molecular flexibility index (Phi) is 7.47. The maximum Gasteiger partial charge on any atom is 0.280 e. The maximum absolute atomic E-state index is 12.8. The Hall–Kier alpha value is -2.27. The Balaban J connectivity index is 1.52. The number of sulfonamides is 1. The van der Waals surface area contributed by atoms with E-state index in [1.54, 1.807) is 24.3 Å². The minimum absolute atomic E-state index is 0.262. The Labute approximate surface area is 187 Å². The van der Waals surface area contributed by atoms with Gasteiger partial charge in [-0.1, -0.05) is 17.7 Å². The minimum atomic E-state index is -3.57. The average molecular weight is 465 g/mol. The number of hydrogen-bond acceptors (Lipinski definition) is 6. The predicted octanol–water partition coefficient (Wildman–Crippen LogP) is 1.98. The van der Waals surface area contributed by atoms with Gasteiger partial charge in [-0.25, -0.2) is 8.42 Å². The summed E-state index contributed by atoms with van der Waals surface area (Å²) < 4.78 is 27.0. The zero-order valence-electron chi connectivity index (χ0n) is 17.9. The van der Waals surface area contributed by atoms with Crippen LogP contribution in [0.1, 0.15) is 33.6 Å². The quantitative estimate of drug-likeness (QED) is 0.637. The number of rotatable bonds is 6. The van der Waals surface area contributed by atoms with Crippen LogP contribution in [-0.4, -0.2) is 56.6 Å². The molecule has 0 unspecified atom stereocenters. The van der Waals surface area contributed by atoms with E-state index in [-0.39, 0.29) is 35.7 Å². The van der Waals surface area contributed by atoms with Crippen LogP contribution in [0.2, 0.25) is 0 Å². The number of thiophene rings is 1. The first-order valence-corrected chi connectivity index (χ1v) is 12.4. The van der Waals surface area contributed by atoms with Gasteiger partial charge < -0.3 is 4.90 Å². The van der Waals surface area contributed by atoms with Crippen LogP contribution in [0.15, 0.2) is 40.6 Å². The predicted molar refractivity (Wildman–Crippen MR) is 120 cm³/mol. The Morgan fingerprint density at radius 3 is 2.35 bits per heavy atom. The van der Waals surface area contributed by atoms with Crippen molar-refractivity contribution in [2.75, 3.05) is 27.2 Å². The molecule has 0 saturated carbocycles. The topological polar surface area (TPSA) is 98.8 Å². The molecule has 8 nitrogen and oxygen atoms in total. The summed E-state index contributed by atoms with van der Waals surface area (Å²) >= 11 is 1.33. The van der Waals surface area contributed by atoms with E-state index >= 15 is 0 Å². The molecule has 0 radical (unpaired) electrons. The third-order valence-corrected chi connectivity index (χ3v) is 8.09. The molecule has 2 amide bonds. The van der Waals surface area contributed by atoms with E-state index in [1.807, 2.05) is 37.4 Å². The highest BCUT2D eigenvalue weighted by molar-refractivity contribution is 7.89. The zero-order chi connectivity index (χ0) is 22.6. The fourth-order valence-electron chi connectivity index (χ4n) is 3.49. The molecule has 168 valence electrons. The van der Waals surface area contributed by atoms with Gasteiger partial charge in [-0.3, -0.25) is 20.4 Å². The van der Waals surface area contributed by atoms with Gasteiger partial charge in [0.2, 0.25) is 15.9 Å². The molecule has 2 heterocycles. The van der Waals surface area contributed by atoms with E-state index in [1.165, 1.54) is 15.6 Å². The smallest absolute Gasteiger partial charge is 0.280 e. The number of hydrogen-bond donors (Lipinski definition) is 2. The fourth-order valence-corrected chi connectivity index (χ4v) is 5.78. The molecular formula is C21H28N4O4S2. The van der Waals surface area contributed by atoms with Crippen molar-refractivity contribution in [3.05, 3.63) is 51.7 Å². The van der Waals surface area contributed by atoms with E-state index in [4.69, 9.17) is 0 Å². The van der Waals surface area contributed by atoms with Crippen LogP contribution in [0.4, 0.5) is 0 Å². The molecule has 1 aliphatic rings. The fraction of sp³-hybridized carbons (Fsp3) is 0.429. The second-order valence-electron chi connectivity index (χ2n) is 7.95. The molecule has 1 aromatic heterocycles. The molecule has 0 atom stereocenters. The van der Waals surface area contributed by atoms with Crippen LogP contribution >= 0.6 is 11.3 Å². The summed E-state index contributed by atoms with van der Waals surface area (Å²) in [5, 5.41) is 1.85. The normalized spacial score (nSPS) is 15.7. The second-order valence-corrected chi connectivity index (χ2v) is 10.8. The number of carbonyl (C=O) groups is 2. The van der Waals surface area contributed by atoms with E-state index in [0.717, 1.165) is 11.1 Å². The van der Waals surface area contributed by atoms with Crippen molar-refractivity contribution in [1.29, 1.82) is 0 Å². The molecule has 0 spiro atoms. The number of amides is 2. The number of aryl methyl sites for hydroxylation is 1. The Morgan fingerprint density at radius 1 is 1.10 bits per heavy atom. The van der Waals surface area contributed by atoms with Gasteiger partial charge in [0.05, 0.1) is 9.77 Å². The van der Waals surface area contributed by atoms with Gasteiger partial charge in [0, 0.05) is 25.6 Å². The molecule has 1 aliphatic heterocycles. The summed E-state index contributed by atoms with van der Waals surface area (Å²) in [5.41, 5.74) is 6.88. The van der Waals surface area contributed by atoms with Crippen LogP contribution in [0.25, 0.3) is 0 Å². The van der Waals surface area contributed by atoms with Gasteiger partial charge in [-0.2, -0.15) is 4.31 Å². The van der Waals surface area contributed by atoms with Crippen molar-refractivity contribution in [2.24, 2.45) is 5.92 Å². The van der Waals surface area contributed by atoms with Crippen LogP contribution in [0.5, 0.6) is 0 Å². The molecule has 3 rings (SSSR count). The number of nitrogens with zero attached hydrogens (tertiary/aromatic N) is 2. The summed E-state index contributed by atoms with van der Waals surface area (Å²) in [4.78, 5) is 27.7. The Bertz CT molecular complexity index is 1020. The first-order valence-electron chi connectivity index (χ1n) is 10.1. The molecule has 2 aromatic rings. The van der Waals surface area contributed by atoms with Crippen molar-refractivity contribution >= 4 is 33.2 Å². The van der Waals surface area contributed by atoms with Crippen molar-refractivity contribution in [1.82, 2.24) is 20.1 Å². The summed E-state index contributed by atoms with van der Waals surface area (Å²) in [6.45, 7) is 3.06. The van der Waals surface area contributed by atoms with Gasteiger partial charge >= 0.3 is 0 Å². The highest BCUT2D eigenvalue weighted by Gasteiger charge is 2.32. The molecule has 1 saturated heterocycles. The van der Waals surface area contributed by atoms with Crippen LogP contribution < -0.4 is 10.9 Å². The van der Waals surface area contributed by atoms with E-state index < -0.39 is 10.0 Å². The monoisotopic (exact) mass is 464 g/mol. The highest BCUT2D eigenvalue weighted by atomic mass is 32.2. The standard InChI is InChI=1S/C21H28N4O4S2/c1-15-4-6-18(7-5-15)31(28,29)25-11-8-16(9-12-25)20(26)22-23-21(27)19-17(10-13-30-19)14-24(2)3/h4-7,10,13,16H,8-9,11-12,14H2,1-3H3,(H,22,26)(H,23,27). The summed E-state index contributed by atoms with van der Waals surface area (Å²) in [7, 11) is 0.278. The summed E-state index contributed by atoms with van der Waals surface area (Å²) in [6.07, 6.45) is 0.801. The van der Waals surface area contributed by atoms with Crippen LogP contribution in [0, 0.1) is 12.8 Å². The summed E-state index contributed by atoms with van der Waals surface area (Å²) in [6, 6.07) is 8.65. The van der Waals surface area contributed by atoms with Gasteiger partial charge in [-0.15, -0.1) is 11.3 Å². The van der Waals surface area contributed by atoms with Crippen molar-refractivity contribution < 1.29 is 18.0 Å². The molecule has 10 heteroatoms. The third kappa shape index (κ3) is 5.70. The van der Waals surface area contributed by atoms with Crippen LogP contribution in [-0.2, 0) is 21.4 Å².